The number of hydrogen-bond acceptors (Lipinski definition) is 8. The Hall–Kier alpha value is -4.93. The van der Waals surface area contributed by atoms with Gasteiger partial charge < -0.3 is 24.3 Å². The van der Waals surface area contributed by atoms with Gasteiger partial charge in [0.1, 0.15) is 48.1 Å². The molecule has 0 saturated heterocycles. The fourth-order valence-electron chi connectivity index (χ4n) is 4.73. The Morgan fingerprint density at radius 2 is 1.64 bits per heavy atom. The van der Waals surface area contributed by atoms with Crippen LogP contribution >= 0.6 is 0 Å². The van der Waals surface area contributed by atoms with Crippen molar-refractivity contribution in [3.05, 3.63) is 95.3 Å². The molecule has 1 aromatic heterocycles. The van der Waals surface area contributed by atoms with Crippen molar-refractivity contribution in [1.29, 1.82) is 0 Å². The lowest BCUT2D eigenvalue weighted by molar-refractivity contribution is -0.153. The molecule has 47 heavy (non-hydrogen) atoms. The van der Waals surface area contributed by atoms with Crippen LogP contribution in [0.15, 0.2) is 67.0 Å². The number of alkyl carbamates (subject to hydrolysis) is 1. The molecule has 1 unspecified atom stereocenters. The third kappa shape index (κ3) is 10.6. The Bertz CT molecular complexity index is 1710. The second-order valence-electron chi connectivity index (χ2n) is 13.2. The average molecular weight is 647 g/mol. The summed E-state index contributed by atoms with van der Waals surface area (Å²) in [6, 6.07) is 17.0. The van der Waals surface area contributed by atoms with Gasteiger partial charge >= 0.3 is 12.1 Å². The lowest BCUT2D eigenvalue weighted by Crippen LogP contribution is -2.34. The Morgan fingerprint density at radius 3 is 2.32 bits per heavy atom. The van der Waals surface area contributed by atoms with Gasteiger partial charge in [-0.2, -0.15) is 5.10 Å². The topological polar surface area (TPSA) is 114 Å². The SMILES string of the molecule is CC(NC(=O)OC(C)(C)C)c1cccc(-c2cc(COc3ccccc3CC(=O)OC(C)(C)C)cc(OCc3ncn(C)n3)c2)c1F. The molecule has 0 fully saturated rings. The molecule has 0 aliphatic carbocycles. The van der Waals surface area contributed by atoms with Gasteiger partial charge in [-0.3, -0.25) is 9.48 Å². The smallest absolute Gasteiger partial charge is 0.408 e. The van der Waals surface area contributed by atoms with E-state index >= 15 is 4.39 Å². The number of rotatable bonds is 11. The normalized spacial score (nSPS) is 12.3. The molecular formula is C36H43FN4O6. The zero-order valence-corrected chi connectivity index (χ0v) is 28.2. The number of esters is 1. The van der Waals surface area contributed by atoms with E-state index < -0.39 is 29.2 Å². The molecule has 0 bridgehead atoms. The minimum Gasteiger partial charge on any atom is -0.489 e. The molecule has 0 saturated carbocycles. The lowest BCUT2D eigenvalue weighted by Gasteiger charge is -2.22. The van der Waals surface area contributed by atoms with E-state index in [9.17, 15) is 9.59 Å². The molecule has 250 valence electrons. The van der Waals surface area contributed by atoms with Crippen LogP contribution in [-0.4, -0.2) is 38.0 Å². The van der Waals surface area contributed by atoms with Crippen molar-refractivity contribution in [3.8, 4) is 22.6 Å². The van der Waals surface area contributed by atoms with E-state index in [4.69, 9.17) is 18.9 Å². The number of hydrogen-bond donors (Lipinski definition) is 1. The van der Waals surface area contributed by atoms with Crippen LogP contribution in [0.5, 0.6) is 11.5 Å². The maximum absolute atomic E-state index is 16.1. The van der Waals surface area contributed by atoms with Crippen LogP contribution in [0.1, 0.15) is 77.0 Å². The maximum Gasteiger partial charge on any atom is 0.408 e. The van der Waals surface area contributed by atoms with Crippen LogP contribution in [-0.2, 0) is 41.0 Å². The molecule has 0 aliphatic heterocycles. The van der Waals surface area contributed by atoms with Crippen molar-refractivity contribution in [2.45, 2.75) is 85.3 Å². The first kappa shape index (κ1) is 34.9. The average Bonchev–Trinajstić information content (AvgIpc) is 3.38. The number of amides is 1. The highest BCUT2D eigenvalue weighted by Crippen LogP contribution is 2.33. The molecule has 4 aromatic rings. The highest BCUT2D eigenvalue weighted by Gasteiger charge is 2.22. The number of carbonyl (C=O) groups excluding carboxylic acids is 2. The first-order chi connectivity index (χ1) is 22.1. The van der Waals surface area contributed by atoms with Gasteiger partial charge in [0, 0.05) is 23.7 Å². The first-order valence-electron chi connectivity index (χ1n) is 15.4. The van der Waals surface area contributed by atoms with Crippen LogP contribution in [0.3, 0.4) is 0 Å². The van der Waals surface area contributed by atoms with Gasteiger partial charge in [-0.25, -0.2) is 14.2 Å². The Balaban J connectivity index is 1.62. The Morgan fingerprint density at radius 1 is 0.915 bits per heavy atom. The Kier molecular flexibility index (Phi) is 10.9. The van der Waals surface area contributed by atoms with Crippen molar-refractivity contribution >= 4 is 12.1 Å². The highest BCUT2D eigenvalue weighted by molar-refractivity contribution is 5.74. The van der Waals surface area contributed by atoms with Crippen LogP contribution in [0.4, 0.5) is 9.18 Å². The molecule has 0 radical (unpaired) electrons. The summed E-state index contributed by atoms with van der Waals surface area (Å²) in [5.74, 6) is 0.621. The van der Waals surface area contributed by atoms with Gasteiger partial charge in [0.15, 0.2) is 5.82 Å². The van der Waals surface area contributed by atoms with E-state index in [1.165, 1.54) is 0 Å². The number of ether oxygens (including phenoxy) is 4. The number of aryl methyl sites for hydroxylation is 1. The van der Waals surface area contributed by atoms with Gasteiger partial charge in [0.2, 0.25) is 0 Å². The number of para-hydroxylation sites is 1. The summed E-state index contributed by atoms with van der Waals surface area (Å²) in [5, 5.41) is 6.97. The molecule has 1 atom stereocenters. The minimum atomic E-state index is -0.690. The second kappa shape index (κ2) is 14.7. The van der Waals surface area contributed by atoms with Crippen LogP contribution in [0, 0.1) is 5.82 Å². The third-order valence-corrected chi connectivity index (χ3v) is 6.64. The summed E-state index contributed by atoms with van der Waals surface area (Å²) in [7, 11) is 1.77. The van der Waals surface area contributed by atoms with Crippen LogP contribution in [0.25, 0.3) is 11.1 Å². The number of benzene rings is 3. The fraction of sp³-hybridized carbons (Fsp3) is 0.389. The molecule has 3 aromatic carbocycles. The molecule has 4 rings (SSSR count). The van der Waals surface area contributed by atoms with Crippen molar-refractivity contribution in [1.82, 2.24) is 20.1 Å². The standard InChI is InChI=1S/C36H43FN4O6/c1-23(39-34(43)47-36(5,6)7)28-13-11-14-29(33(28)37)26-16-24(17-27(18-26)44-21-31-38-22-41(8)40-31)20-45-30-15-10-9-12-25(30)19-32(42)46-35(2,3)4/h9-18,22-23H,19-21H2,1-8H3,(H,39,43). The first-order valence-corrected chi connectivity index (χ1v) is 15.4. The molecule has 1 amide bonds. The number of nitrogens with one attached hydrogen (secondary N) is 1. The van der Waals surface area contributed by atoms with Crippen molar-refractivity contribution in [3.63, 3.8) is 0 Å². The number of carbonyl (C=O) groups is 2. The fourth-order valence-corrected chi connectivity index (χ4v) is 4.73. The molecule has 1 N–H and O–H groups in total. The van der Waals surface area contributed by atoms with Crippen LogP contribution in [0.2, 0.25) is 0 Å². The monoisotopic (exact) mass is 646 g/mol. The van der Waals surface area contributed by atoms with Gasteiger partial charge in [0.25, 0.3) is 0 Å². The predicted molar refractivity (Wildman–Crippen MR) is 175 cm³/mol. The molecule has 11 heteroatoms. The summed E-state index contributed by atoms with van der Waals surface area (Å²) in [6.45, 7) is 12.6. The van der Waals surface area contributed by atoms with Crippen LogP contribution < -0.4 is 14.8 Å². The molecule has 10 nitrogen and oxygen atoms in total. The van der Waals surface area contributed by atoms with Crippen molar-refractivity contribution in [2.75, 3.05) is 0 Å². The van der Waals surface area contributed by atoms with Crippen molar-refractivity contribution in [2.24, 2.45) is 7.05 Å². The Labute approximate surface area is 275 Å². The molecular weight excluding hydrogens is 603 g/mol. The summed E-state index contributed by atoms with van der Waals surface area (Å²) >= 11 is 0. The van der Waals surface area contributed by atoms with E-state index in [0.29, 0.717) is 45.1 Å². The van der Waals surface area contributed by atoms with Gasteiger partial charge in [-0.05, 0) is 83.9 Å². The summed E-state index contributed by atoms with van der Waals surface area (Å²) in [4.78, 5) is 29.2. The summed E-state index contributed by atoms with van der Waals surface area (Å²) in [6.07, 6.45) is 0.989. The van der Waals surface area contributed by atoms with E-state index in [1.807, 2.05) is 45.0 Å². The maximum atomic E-state index is 16.1. The van der Waals surface area contributed by atoms with Crippen molar-refractivity contribution < 1.29 is 32.9 Å². The third-order valence-electron chi connectivity index (χ3n) is 6.64. The van der Waals surface area contributed by atoms with E-state index in [-0.39, 0.29) is 25.6 Å². The van der Waals surface area contributed by atoms with Gasteiger partial charge in [0.05, 0.1) is 12.5 Å². The number of nitrogens with zero attached hydrogens (tertiary/aromatic N) is 3. The zero-order valence-electron chi connectivity index (χ0n) is 28.2. The van der Waals surface area contributed by atoms with E-state index in [0.717, 1.165) is 0 Å². The molecule has 0 aliphatic rings. The van der Waals surface area contributed by atoms with E-state index in [1.54, 1.807) is 82.1 Å². The molecule has 1 heterocycles. The van der Waals surface area contributed by atoms with Gasteiger partial charge in [-0.1, -0.05) is 36.4 Å². The summed E-state index contributed by atoms with van der Waals surface area (Å²) < 4.78 is 40.8. The number of aromatic nitrogens is 3. The molecule has 0 spiro atoms. The minimum absolute atomic E-state index is 0.0481. The number of halogens is 1. The second-order valence-corrected chi connectivity index (χ2v) is 13.2. The largest absolute Gasteiger partial charge is 0.489 e. The van der Waals surface area contributed by atoms with Gasteiger partial charge in [-0.15, -0.1) is 0 Å². The lowest BCUT2D eigenvalue weighted by atomic mass is 9.97. The predicted octanol–water partition coefficient (Wildman–Crippen LogP) is 7.25. The van der Waals surface area contributed by atoms with E-state index in [2.05, 4.69) is 15.4 Å². The highest BCUT2D eigenvalue weighted by atomic mass is 19.1. The zero-order chi connectivity index (χ0) is 34.4. The quantitative estimate of drug-likeness (QED) is 0.170. The summed E-state index contributed by atoms with van der Waals surface area (Å²) in [5.41, 5.74) is 1.24.